The van der Waals surface area contributed by atoms with Gasteiger partial charge in [-0.1, -0.05) is 13.8 Å². The van der Waals surface area contributed by atoms with Crippen LogP contribution in [0, 0.1) is 25.7 Å². The minimum absolute atomic E-state index is 0.290. The van der Waals surface area contributed by atoms with Crippen LogP contribution in [0.2, 0.25) is 0 Å². The number of ether oxygens (including phenoxy) is 1. The largest absolute Gasteiger partial charge is 0.474 e. The van der Waals surface area contributed by atoms with E-state index in [4.69, 9.17) is 10.5 Å². The number of nitrogens with two attached hydrogens (primary N) is 1. The monoisotopic (exact) mass is 262 g/mol. The second-order valence-corrected chi connectivity index (χ2v) is 6.23. The number of aromatic nitrogens is 1. The highest BCUT2D eigenvalue weighted by Gasteiger charge is 2.26. The summed E-state index contributed by atoms with van der Waals surface area (Å²) in [4.78, 5) is 4.55. The zero-order valence-electron chi connectivity index (χ0n) is 12.6. The topological polar surface area (TPSA) is 48.1 Å². The fourth-order valence-electron chi connectivity index (χ4n) is 3.30. The number of aryl methyl sites for hydroxylation is 2. The summed E-state index contributed by atoms with van der Waals surface area (Å²) in [5.41, 5.74) is 9.08. The Balaban J connectivity index is 2.18. The third-order valence-electron chi connectivity index (χ3n) is 4.06. The van der Waals surface area contributed by atoms with E-state index in [0.717, 1.165) is 41.8 Å². The molecule has 1 fully saturated rings. The van der Waals surface area contributed by atoms with Gasteiger partial charge in [-0.05, 0) is 56.6 Å². The Morgan fingerprint density at radius 3 is 2.42 bits per heavy atom. The minimum atomic E-state index is 0.290. The predicted molar refractivity (Wildman–Crippen MR) is 78.2 cm³/mol. The lowest BCUT2D eigenvalue weighted by atomic mass is 9.82. The van der Waals surface area contributed by atoms with Gasteiger partial charge in [-0.2, -0.15) is 0 Å². The molecule has 3 heteroatoms. The molecule has 0 spiro atoms. The number of pyridine rings is 1. The summed E-state index contributed by atoms with van der Waals surface area (Å²) in [6.07, 6.45) is 3.85. The minimum Gasteiger partial charge on any atom is -0.474 e. The van der Waals surface area contributed by atoms with Crippen molar-refractivity contribution in [3.63, 3.8) is 0 Å². The van der Waals surface area contributed by atoms with E-state index < -0.39 is 0 Å². The fraction of sp³-hybridized carbons (Fsp3) is 0.688. The van der Waals surface area contributed by atoms with E-state index in [2.05, 4.69) is 31.8 Å². The second kappa shape index (κ2) is 5.91. The molecule has 0 aromatic carbocycles. The lowest BCUT2D eigenvalue weighted by Crippen LogP contribution is -2.29. The van der Waals surface area contributed by atoms with E-state index in [1.54, 1.807) is 0 Å². The van der Waals surface area contributed by atoms with Gasteiger partial charge in [0.25, 0.3) is 0 Å². The zero-order chi connectivity index (χ0) is 14.0. The lowest BCUT2D eigenvalue weighted by Gasteiger charge is -2.32. The molecule has 2 N–H and O–H groups in total. The summed E-state index contributed by atoms with van der Waals surface area (Å²) in [5, 5.41) is 0. The van der Waals surface area contributed by atoms with Crippen LogP contribution in [0.3, 0.4) is 0 Å². The van der Waals surface area contributed by atoms with Crippen molar-refractivity contribution >= 4 is 0 Å². The van der Waals surface area contributed by atoms with Gasteiger partial charge in [-0.25, -0.2) is 4.98 Å². The van der Waals surface area contributed by atoms with Crippen molar-refractivity contribution in [2.24, 2.45) is 17.6 Å². The van der Waals surface area contributed by atoms with Gasteiger partial charge in [-0.15, -0.1) is 0 Å². The maximum absolute atomic E-state index is 6.19. The Kier molecular flexibility index (Phi) is 4.46. The van der Waals surface area contributed by atoms with Crippen molar-refractivity contribution in [3.8, 4) is 5.88 Å². The Morgan fingerprint density at radius 1 is 1.21 bits per heavy atom. The van der Waals surface area contributed by atoms with Crippen molar-refractivity contribution in [2.45, 2.75) is 59.6 Å². The van der Waals surface area contributed by atoms with E-state index in [1.807, 2.05) is 6.92 Å². The van der Waals surface area contributed by atoms with Crippen LogP contribution >= 0.6 is 0 Å². The zero-order valence-corrected chi connectivity index (χ0v) is 12.6. The molecule has 2 atom stereocenters. The summed E-state index contributed by atoms with van der Waals surface area (Å²) in [6, 6.07) is 2.07. The van der Waals surface area contributed by atoms with Crippen LogP contribution in [-0.2, 0) is 6.54 Å². The predicted octanol–water partition coefficient (Wildman–Crippen LogP) is 3.36. The molecule has 1 saturated carbocycles. The highest BCUT2D eigenvalue weighted by Crippen LogP contribution is 2.32. The van der Waals surface area contributed by atoms with Gasteiger partial charge in [0.05, 0.1) is 0 Å². The van der Waals surface area contributed by atoms with E-state index in [0.29, 0.717) is 6.54 Å². The van der Waals surface area contributed by atoms with Gasteiger partial charge < -0.3 is 10.5 Å². The first-order chi connectivity index (χ1) is 8.99. The molecule has 1 heterocycles. The van der Waals surface area contributed by atoms with Gasteiger partial charge in [-0.3, -0.25) is 0 Å². The first-order valence-corrected chi connectivity index (χ1v) is 7.33. The molecule has 0 amide bonds. The summed E-state index contributed by atoms with van der Waals surface area (Å²) in [5.74, 6) is 2.23. The Bertz CT molecular complexity index is 435. The van der Waals surface area contributed by atoms with Crippen LogP contribution in [0.5, 0.6) is 5.88 Å². The Morgan fingerprint density at radius 2 is 1.84 bits per heavy atom. The molecular formula is C16H26N2O. The van der Waals surface area contributed by atoms with Crippen LogP contribution in [-0.4, -0.2) is 11.1 Å². The molecule has 1 aromatic heterocycles. The lowest BCUT2D eigenvalue weighted by molar-refractivity contribution is 0.0955. The molecule has 0 radical (unpaired) electrons. The summed E-state index contributed by atoms with van der Waals surface area (Å²) in [7, 11) is 0. The molecule has 19 heavy (non-hydrogen) atoms. The quantitative estimate of drug-likeness (QED) is 0.908. The summed E-state index contributed by atoms with van der Waals surface area (Å²) in [6.45, 7) is 9.20. The maximum Gasteiger partial charge on any atom is 0.218 e. The van der Waals surface area contributed by atoms with Crippen molar-refractivity contribution < 1.29 is 4.74 Å². The van der Waals surface area contributed by atoms with Gasteiger partial charge in [0.15, 0.2) is 0 Å². The second-order valence-electron chi connectivity index (χ2n) is 6.23. The van der Waals surface area contributed by atoms with Crippen molar-refractivity contribution in [3.05, 3.63) is 22.9 Å². The fourth-order valence-corrected chi connectivity index (χ4v) is 3.30. The van der Waals surface area contributed by atoms with E-state index in [1.165, 1.54) is 12.0 Å². The molecule has 0 aliphatic heterocycles. The van der Waals surface area contributed by atoms with E-state index in [9.17, 15) is 0 Å². The van der Waals surface area contributed by atoms with E-state index >= 15 is 0 Å². The van der Waals surface area contributed by atoms with Crippen LogP contribution in [0.25, 0.3) is 0 Å². The van der Waals surface area contributed by atoms with Gasteiger partial charge >= 0.3 is 0 Å². The van der Waals surface area contributed by atoms with Gasteiger partial charge in [0.1, 0.15) is 6.10 Å². The van der Waals surface area contributed by atoms with Crippen molar-refractivity contribution in [2.75, 3.05) is 0 Å². The Hall–Kier alpha value is -1.09. The summed E-state index contributed by atoms with van der Waals surface area (Å²) >= 11 is 0. The molecule has 2 rings (SSSR count). The average Bonchev–Trinajstić information content (AvgIpc) is 2.26. The van der Waals surface area contributed by atoms with Crippen LogP contribution in [0.1, 0.15) is 49.9 Å². The SMILES string of the molecule is Cc1cc(C)c(CN)c(OC2CC(C)CC(C)C2)n1. The maximum atomic E-state index is 6.19. The molecule has 106 valence electrons. The molecule has 0 saturated heterocycles. The third kappa shape index (κ3) is 3.47. The van der Waals surface area contributed by atoms with Crippen LogP contribution in [0.4, 0.5) is 0 Å². The Labute approximate surface area is 116 Å². The number of hydrogen-bond donors (Lipinski definition) is 1. The standard InChI is InChI=1S/C16H26N2O/c1-10-5-11(2)7-14(6-10)19-16-15(9-17)12(3)8-13(4)18-16/h8,10-11,14H,5-7,9,17H2,1-4H3. The highest BCUT2D eigenvalue weighted by atomic mass is 16.5. The number of hydrogen-bond acceptors (Lipinski definition) is 3. The first kappa shape index (κ1) is 14.3. The molecule has 1 aliphatic carbocycles. The number of rotatable bonds is 3. The highest BCUT2D eigenvalue weighted by molar-refractivity contribution is 5.35. The molecule has 3 nitrogen and oxygen atoms in total. The third-order valence-corrected chi connectivity index (χ3v) is 4.06. The molecule has 0 bridgehead atoms. The normalized spacial score (nSPS) is 27.3. The summed E-state index contributed by atoms with van der Waals surface area (Å²) < 4.78 is 6.19. The van der Waals surface area contributed by atoms with Crippen LogP contribution < -0.4 is 10.5 Å². The van der Waals surface area contributed by atoms with E-state index in [-0.39, 0.29) is 6.10 Å². The molecule has 1 aliphatic rings. The van der Waals surface area contributed by atoms with Gasteiger partial charge in [0.2, 0.25) is 5.88 Å². The molecule has 1 aromatic rings. The molecular weight excluding hydrogens is 236 g/mol. The van der Waals surface area contributed by atoms with Gasteiger partial charge in [0, 0.05) is 17.8 Å². The molecule has 2 unspecified atom stereocenters. The number of nitrogens with zero attached hydrogens (tertiary/aromatic N) is 1. The first-order valence-electron chi connectivity index (χ1n) is 7.33. The van der Waals surface area contributed by atoms with Crippen molar-refractivity contribution in [1.29, 1.82) is 0 Å². The average molecular weight is 262 g/mol. The smallest absolute Gasteiger partial charge is 0.218 e. The van der Waals surface area contributed by atoms with Crippen LogP contribution in [0.15, 0.2) is 6.07 Å². The van der Waals surface area contributed by atoms with Crippen molar-refractivity contribution in [1.82, 2.24) is 4.98 Å².